The second kappa shape index (κ2) is 6.15. The molecule has 0 amide bonds. The van der Waals surface area contributed by atoms with Crippen molar-refractivity contribution < 1.29 is 13.5 Å². The van der Waals surface area contributed by atoms with Gasteiger partial charge in [-0.15, -0.1) is 0 Å². The Bertz CT molecular complexity index is 687. The van der Waals surface area contributed by atoms with Crippen LogP contribution in [0.2, 0.25) is 5.02 Å². The number of aryl methyl sites for hydroxylation is 1. The maximum atomic E-state index is 11.9. The zero-order valence-corrected chi connectivity index (χ0v) is 12.2. The topological polar surface area (TPSA) is 66.4 Å². The van der Waals surface area contributed by atoms with Gasteiger partial charge in [0.25, 0.3) is 0 Å². The van der Waals surface area contributed by atoms with Crippen LogP contribution in [0.25, 0.3) is 0 Å². The summed E-state index contributed by atoms with van der Waals surface area (Å²) >= 11 is 5.67. The Morgan fingerprint density at radius 2 is 1.80 bits per heavy atom. The van der Waals surface area contributed by atoms with Crippen molar-refractivity contribution in [1.29, 1.82) is 0 Å². The van der Waals surface area contributed by atoms with E-state index in [-0.39, 0.29) is 16.5 Å². The van der Waals surface area contributed by atoms with Crippen LogP contribution in [-0.2, 0) is 16.4 Å². The molecule has 0 unspecified atom stereocenters. The van der Waals surface area contributed by atoms with Crippen LogP contribution < -0.4 is 4.72 Å². The zero-order valence-electron chi connectivity index (χ0n) is 10.6. The quantitative estimate of drug-likeness (QED) is 0.892. The summed E-state index contributed by atoms with van der Waals surface area (Å²) in [5, 5.41) is 9.62. The van der Waals surface area contributed by atoms with E-state index in [1.807, 2.05) is 30.3 Å². The summed E-state index contributed by atoms with van der Waals surface area (Å²) in [6, 6.07) is 13.6. The van der Waals surface area contributed by atoms with Gasteiger partial charge in [0.05, 0.1) is 16.5 Å². The fourth-order valence-electron chi connectivity index (χ4n) is 1.70. The highest BCUT2D eigenvalue weighted by molar-refractivity contribution is 7.92. The second-order valence-electron chi connectivity index (χ2n) is 4.32. The molecule has 6 heteroatoms. The number of hydrogen-bond donors (Lipinski definition) is 2. The normalized spacial score (nSPS) is 11.2. The Morgan fingerprint density at radius 1 is 1.10 bits per heavy atom. The highest BCUT2D eigenvalue weighted by atomic mass is 35.5. The number of benzene rings is 2. The lowest BCUT2D eigenvalue weighted by Crippen LogP contribution is -2.18. The van der Waals surface area contributed by atoms with Gasteiger partial charge in [-0.2, -0.15) is 0 Å². The van der Waals surface area contributed by atoms with Gasteiger partial charge in [0.2, 0.25) is 10.0 Å². The van der Waals surface area contributed by atoms with Gasteiger partial charge in [0.15, 0.2) is 0 Å². The summed E-state index contributed by atoms with van der Waals surface area (Å²) in [5.74, 6) is -0.185. The van der Waals surface area contributed by atoms with E-state index in [4.69, 9.17) is 11.6 Å². The molecule has 0 aromatic heterocycles. The molecule has 0 aliphatic heterocycles. The van der Waals surface area contributed by atoms with E-state index in [9.17, 15) is 13.5 Å². The number of phenolic OH excluding ortho intramolecular Hbond substituents is 1. The third kappa shape index (κ3) is 4.15. The van der Waals surface area contributed by atoms with E-state index >= 15 is 0 Å². The molecule has 2 rings (SSSR count). The van der Waals surface area contributed by atoms with Gasteiger partial charge in [0.1, 0.15) is 5.75 Å². The van der Waals surface area contributed by atoms with Gasteiger partial charge < -0.3 is 5.11 Å². The molecule has 2 aromatic rings. The van der Waals surface area contributed by atoms with E-state index in [1.54, 1.807) is 0 Å². The third-order valence-electron chi connectivity index (χ3n) is 2.72. The second-order valence-corrected chi connectivity index (χ2v) is 6.57. The molecule has 0 aliphatic rings. The van der Waals surface area contributed by atoms with Gasteiger partial charge >= 0.3 is 0 Å². The lowest BCUT2D eigenvalue weighted by Gasteiger charge is -2.09. The Labute approximate surface area is 123 Å². The molecule has 0 saturated carbocycles. The minimum Gasteiger partial charge on any atom is -0.506 e. The first-order valence-electron chi connectivity index (χ1n) is 5.99. The molecule has 0 spiro atoms. The van der Waals surface area contributed by atoms with Crippen LogP contribution in [0.15, 0.2) is 48.5 Å². The first kappa shape index (κ1) is 14.7. The predicted molar refractivity (Wildman–Crippen MR) is 80.7 cm³/mol. The fourth-order valence-corrected chi connectivity index (χ4v) is 2.91. The van der Waals surface area contributed by atoms with Crippen molar-refractivity contribution >= 4 is 27.3 Å². The lowest BCUT2D eigenvalue weighted by molar-refractivity contribution is 0.476. The Morgan fingerprint density at radius 3 is 2.45 bits per heavy atom. The molecule has 4 nitrogen and oxygen atoms in total. The number of sulfonamides is 1. The Kier molecular flexibility index (Phi) is 4.52. The smallest absolute Gasteiger partial charge is 0.233 e. The van der Waals surface area contributed by atoms with Crippen LogP contribution in [0.5, 0.6) is 5.75 Å². The van der Waals surface area contributed by atoms with E-state index in [2.05, 4.69) is 4.72 Å². The molecule has 20 heavy (non-hydrogen) atoms. The number of phenols is 1. The Balaban J connectivity index is 2.02. The van der Waals surface area contributed by atoms with Crippen molar-refractivity contribution in [1.82, 2.24) is 0 Å². The van der Waals surface area contributed by atoms with Crippen molar-refractivity contribution in [3.63, 3.8) is 0 Å². The largest absolute Gasteiger partial charge is 0.506 e. The van der Waals surface area contributed by atoms with Crippen LogP contribution in [0.3, 0.4) is 0 Å². The summed E-state index contributed by atoms with van der Waals surface area (Å²) in [6.07, 6.45) is 0.426. The van der Waals surface area contributed by atoms with Gasteiger partial charge in [-0.25, -0.2) is 8.42 Å². The molecule has 2 aromatic carbocycles. The van der Waals surface area contributed by atoms with E-state index in [1.165, 1.54) is 18.2 Å². The summed E-state index contributed by atoms with van der Waals surface area (Å²) in [6.45, 7) is 0. The lowest BCUT2D eigenvalue weighted by atomic mass is 10.2. The van der Waals surface area contributed by atoms with Crippen LogP contribution in [0, 0.1) is 0 Å². The summed E-state index contributed by atoms with van der Waals surface area (Å²) in [5.41, 5.74) is 1.25. The van der Waals surface area contributed by atoms with Crippen LogP contribution in [-0.4, -0.2) is 19.3 Å². The van der Waals surface area contributed by atoms with Crippen molar-refractivity contribution in [2.24, 2.45) is 0 Å². The first-order chi connectivity index (χ1) is 9.46. The molecule has 106 valence electrons. The SMILES string of the molecule is O=S(=O)(CCc1ccccc1)Nc1ccc(Cl)c(O)c1. The van der Waals surface area contributed by atoms with Crippen LogP contribution in [0.4, 0.5) is 5.69 Å². The molecule has 0 heterocycles. The van der Waals surface area contributed by atoms with Gasteiger partial charge in [-0.1, -0.05) is 41.9 Å². The number of hydrogen-bond acceptors (Lipinski definition) is 3. The van der Waals surface area contributed by atoms with Crippen LogP contribution >= 0.6 is 11.6 Å². The zero-order chi connectivity index (χ0) is 14.6. The molecule has 0 radical (unpaired) electrons. The van der Waals surface area contributed by atoms with Crippen molar-refractivity contribution in [2.45, 2.75) is 6.42 Å². The number of nitrogens with one attached hydrogen (secondary N) is 1. The minimum atomic E-state index is -3.47. The monoisotopic (exact) mass is 311 g/mol. The maximum Gasteiger partial charge on any atom is 0.233 e. The van der Waals surface area contributed by atoms with E-state index in [0.717, 1.165) is 5.56 Å². The van der Waals surface area contributed by atoms with E-state index in [0.29, 0.717) is 12.1 Å². The van der Waals surface area contributed by atoms with Crippen molar-refractivity contribution in [3.8, 4) is 5.75 Å². The van der Waals surface area contributed by atoms with Crippen molar-refractivity contribution in [2.75, 3.05) is 10.5 Å². The number of rotatable bonds is 5. The maximum absolute atomic E-state index is 11.9. The summed E-state index contributed by atoms with van der Waals surface area (Å²) in [4.78, 5) is 0. The van der Waals surface area contributed by atoms with Crippen molar-refractivity contribution in [3.05, 3.63) is 59.1 Å². The van der Waals surface area contributed by atoms with Gasteiger partial charge in [-0.05, 0) is 24.1 Å². The standard InChI is InChI=1S/C14H14ClNO3S/c15-13-7-6-12(10-14(13)17)16-20(18,19)9-8-11-4-2-1-3-5-11/h1-7,10,16-17H,8-9H2. The molecule has 2 N–H and O–H groups in total. The van der Waals surface area contributed by atoms with Gasteiger partial charge in [-0.3, -0.25) is 4.72 Å². The number of anilines is 1. The molecule has 0 atom stereocenters. The fraction of sp³-hybridized carbons (Fsp3) is 0.143. The molecule has 0 bridgehead atoms. The predicted octanol–water partition coefficient (Wildman–Crippen LogP) is 3.03. The van der Waals surface area contributed by atoms with Gasteiger partial charge in [0, 0.05) is 6.07 Å². The van der Waals surface area contributed by atoms with E-state index < -0.39 is 10.0 Å². The average molecular weight is 312 g/mol. The third-order valence-corrected chi connectivity index (χ3v) is 4.33. The summed E-state index contributed by atoms with van der Waals surface area (Å²) in [7, 11) is -3.47. The Hall–Kier alpha value is -1.72. The minimum absolute atomic E-state index is 0.0274. The van der Waals surface area contributed by atoms with Crippen LogP contribution in [0.1, 0.15) is 5.56 Å². The highest BCUT2D eigenvalue weighted by Gasteiger charge is 2.11. The molecule has 0 saturated heterocycles. The number of halogens is 1. The molecular weight excluding hydrogens is 298 g/mol. The average Bonchev–Trinajstić information content (AvgIpc) is 2.42. The molecular formula is C14H14ClNO3S. The number of aromatic hydroxyl groups is 1. The summed E-state index contributed by atoms with van der Waals surface area (Å²) < 4.78 is 26.3. The first-order valence-corrected chi connectivity index (χ1v) is 8.02. The highest BCUT2D eigenvalue weighted by Crippen LogP contribution is 2.26. The molecule has 0 aliphatic carbocycles. The molecule has 0 fully saturated rings.